The zero-order valence-corrected chi connectivity index (χ0v) is 20.7. The van der Waals surface area contributed by atoms with Gasteiger partial charge < -0.3 is 29.5 Å². The van der Waals surface area contributed by atoms with Crippen LogP contribution >= 0.6 is 0 Å². The van der Waals surface area contributed by atoms with E-state index in [0.29, 0.717) is 26.2 Å². The topological polar surface area (TPSA) is 80.3 Å². The van der Waals surface area contributed by atoms with Gasteiger partial charge in [0.15, 0.2) is 17.6 Å². The Morgan fingerprint density at radius 3 is 2.11 bits per heavy atom. The Morgan fingerprint density at radius 1 is 0.972 bits per heavy atom. The maximum Gasteiger partial charge on any atom is 0.333 e. The summed E-state index contributed by atoms with van der Waals surface area (Å²) in [6.07, 6.45) is 2.27. The fraction of sp³-hybridized carbons (Fsp3) is 0.345. The summed E-state index contributed by atoms with van der Waals surface area (Å²) in [5.41, 5.74) is 2.91. The Kier molecular flexibility index (Phi) is 9.19. The summed E-state index contributed by atoms with van der Waals surface area (Å²) in [6.45, 7) is 5.80. The van der Waals surface area contributed by atoms with Gasteiger partial charge in [-0.1, -0.05) is 36.4 Å². The van der Waals surface area contributed by atoms with Gasteiger partial charge in [-0.05, 0) is 74.8 Å². The highest BCUT2D eigenvalue weighted by atomic mass is 16.5. The van der Waals surface area contributed by atoms with Crippen LogP contribution < -0.4 is 19.7 Å². The molecule has 0 aromatic heterocycles. The van der Waals surface area contributed by atoms with Crippen molar-refractivity contribution in [3.8, 4) is 17.2 Å². The number of hydrogen-bond acceptors (Lipinski definition) is 6. The van der Waals surface area contributed by atoms with Gasteiger partial charge in [0.05, 0.1) is 17.9 Å². The number of anilines is 2. The average Bonchev–Trinajstić information content (AvgIpc) is 3.49. The van der Waals surface area contributed by atoms with E-state index in [9.17, 15) is 9.90 Å². The Labute approximate surface area is 212 Å². The molecule has 1 fully saturated rings. The summed E-state index contributed by atoms with van der Waals surface area (Å²) < 4.78 is 17.3. The second kappa shape index (κ2) is 13.0. The second-order valence-electron chi connectivity index (χ2n) is 8.63. The third kappa shape index (κ3) is 6.77. The quantitative estimate of drug-likeness (QED) is 0.415. The fourth-order valence-corrected chi connectivity index (χ4v) is 4.26. The molecule has 36 heavy (non-hydrogen) atoms. The number of benzene rings is 3. The summed E-state index contributed by atoms with van der Waals surface area (Å²) in [6, 6.07) is 23.4. The lowest BCUT2D eigenvalue weighted by atomic mass is 10.1. The Bertz CT molecular complexity index is 1060. The van der Waals surface area contributed by atoms with Gasteiger partial charge in [-0.25, -0.2) is 4.79 Å². The molecule has 0 aliphatic carbocycles. The number of para-hydroxylation sites is 4. The Balaban J connectivity index is 0.000000543. The fourth-order valence-electron chi connectivity index (χ4n) is 4.26. The molecule has 7 nitrogen and oxygen atoms in total. The molecule has 1 saturated heterocycles. The molecule has 0 amide bonds. The van der Waals surface area contributed by atoms with Crippen molar-refractivity contribution in [1.29, 1.82) is 0 Å². The number of aliphatic carboxylic acids is 1. The molecule has 2 heterocycles. The van der Waals surface area contributed by atoms with E-state index in [1.54, 1.807) is 6.92 Å². The highest BCUT2D eigenvalue weighted by Gasteiger charge is 2.23. The predicted octanol–water partition coefficient (Wildman–Crippen LogP) is 5.41. The van der Waals surface area contributed by atoms with Crippen LogP contribution in [0, 0.1) is 0 Å². The zero-order valence-electron chi connectivity index (χ0n) is 20.7. The van der Waals surface area contributed by atoms with Crippen molar-refractivity contribution in [1.82, 2.24) is 5.32 Å². The Hall–Kier alpha value is -3.55. The molecule has 0 spiro atoms. The van der Waals surface area contributed by atoms with Crippen molar-refractivity contribution in [2.24, 2.45) is 0 Å². The van der Waals surface area contributed by atoms with E-state index in [1.165, 1.54) is 25.9 Å². The van der Waals surface area contributed by atoms with Crippen molar-refractivity contribution in [3.63, 3.8) is 0 Å². The van der Waals surface area contributed by atoms with E-state index in [4.69, 9.17) is 14.2 Å². The van der Waals surface area contributed by atoms with E-state index in [2.05, 4.69) is 10.2 Å². The number of nitrogens with zero attached hydrogens (tertiary/aromatic N) is 1. The summed E-state index contributed by atoms with van der Waals surface area (Å²) in [5.74, 6) is 1.44. The van der Waals surface area contributed by atoms with Crippen molar-refractivity contribution >= 4 is 17.3 Å². The van der Waals surface area contributed by atoms with E-state index in [0.717, 1.165) is 34.2 Å². The number of nitrogens with one attached hydrogen (secondary N) is 1. The molecule has 7 heteroatoms. The van der Waals surface area contributed by atoms with Gasteiger partial charge in [0.2, 0.25) is 0 Å². The first kappa shape index (κ1) is 25.5. The SMILES string of the molecule is C1CCNC1.CCOC(Cc1ccc(OCCN2c3ccccc3Oc3ccccc32)cc1)C(=O)O. The molecule has 3 aromatic rings. The van der Waals surface area contributed by atoms with Crippen LogP contribution in [0.5, 0.6) is 17.2 Å². The lowest BCUT2D eigenvalue weighted by Gasteiger charge is -2.32. The number of hydrogen-bond donors (Lipinski definition) is 2. The summed E-state index contributed by atoms with van der Waals surface area (Å²) in [7, 11) is 0. The van der Waals surface area contributed by atoms with Crippen LogP contribution in [0.15, 0.2) is 72.8 Å². The van der Waals surface area contributed by atoms with Gasteiger partial charge in [0, 0.05) is 13.0 Å². The maximum absolute atomic E-state index is 11.3. The van der Waals surface area contributed by atoms with Crippen LogP contribution in [0.4, 0.5) is 11.4 Å². The van der Waals surface area contributed by atoms with Crippen molar-refractivity contribution in [2.45, 2.75) is 32.3 Å². The first-order valence-corrected chi connectivity index (χ1v) is 12.6. The molecule has 2 aliphatic rings. The molecule has 1 unspecified atom stereocenters. The normalized spacial score (nSPS) is 14.5. The lowest BCUT2D eigenvalue weighted by molar-refractivity contribution is -0.149. The van der Waals surface area contributed by atoms with Gasteiger partial charge in [-0.2, -0.15) is 0 Å². The predicted molar refractivity (Wildman–Crippen MR) is 141 cm³/mol. The minimum Gasteiger partial charge on any atom is -0.492 e. The minimum atomic E-state index is -0.951. The van der Waals surface area contributed by atoms with Crippen LogP contribution in [-0.2, 0) is 16.0 Å². The van der Waals surface area contributed by atoms with E-state index in [1.807, 2.05) is 72.8 Å². The molecule has 0 radical (unpaired) electrons. The smallest absolute Gasteiger partial charge is 0.333 e. The zero-order chi connectivity index (χ0) is 25.2. The average molecular weight is 491 g/mol. The van der Waals surface area contributed by atoms with Gasteiger partial charge in [-0.15, -0.1) is 0 Å². The molecule has 5 rings (SSSR count). The monoisotopic (exact) mass is 490 g/mol. The molecule has 190 valence electrons. The highest BCUT2D eigenvalue weighted by molar-refractivity contribution is 5.77. The number of fused-ring (bicyclic) bond motifs is 2. The Morgan fingerprint density at radius 2 is 1.58 bits per heavy atom. The van der Waals surface area contributed by atoms with Crippen molar-refractivity contribution in [2.75, 3.05) is 37.7 Å². The van der Waals surface area contributed by atoms with Crippen LogP contribution in [-0.4, -0.2) is 50.0 Å². The molecule has 1 atom stereocenters. The first-order chi connectivity index (χ1) is 17.7. The maximum atomic E-state index is 11.3. The van der Waals surface area contributed by atoms with Gasteiger partial charge >= 0.3 is 5.97 Å². The molecule has 0 saturated carbocycles. The van der Waals surface area contributed by atoms with Crippen molar-refractivity contribution < 1.29 is 24.1 Å². The molecular formula is C29H34N2O5. The number of carbonyl (C=O) groups is 1. The summed E-state index contributed by atoms with van der Waals surface area (Å²) in [5, 5.41) is 12.5. The van der Waals surface area contributed by atoms with Gasteiger partial charge in [0.25, 0.3) is 0 Å². The number of carboxylic acid groups (broad SMARTS) is 1. The molecule has 2 aliphatic heterocycles. The number of carboxylic acids is 1. The van der Waals surface area contributed by atoms with Gasteiger partial charge in [0.1, 0.15) is 12.4 Å². The standard InChI is InChI=1S/C25H25NO5.C4H9N/c1-2-29-24(25(27)28)17-18-11-13-19(14-12-18)30-16-15-26-20-7-3-5-9-22(20)31-23-10-6-4-8-21(23)26;1-2-4-5-3-1/h3-14,24H,2,15-17H2,1H3,(H,27,28);5H,1-4H2. The molecule has 3 aromatic carbocycles. The van der Waals surface area contributed by atoms with Crippen molar-refractivity contribution in [3.05, 3.63) is 78.4 Å². The largest absolute Gasteiger partial charge is 0.492 e. The molecule has 0 bridgehead atoms. The van der Waals surface area contributed by atoms with Gasteiger partial charge in [-0.3, -0.25) is 0 Å². The highest BCUT2D eigenvalue weighted by Crippen LogP contribution is 2.45. The second-order valence-corrected chi connectivity index (χ2v) is 8.63. The summed E-state index contributed by atoms with van der Waals surface area (Å²) >= 11 is 0. The third-order valence-corrected chi connectivity index (χ3v) is 6.06. The summed E-state index contributed by atoms with van der Waals surface area (Å²) in [4.78, 5) is 13.5. The van der Waals surface area contributed by atoms with Crippen LogP contribution in [0.3, 0.4) is 0 Å². The molecular weight excluding hydrogens is 456 g/mol. The molecule has 2 N–H and O–H groups in total. The van der Waals surface area contributed by atoms with E-state index >= 15 is 0 Å². The van der Waals surface area contributed by atoms with E-state index in [-0.39, 0.29) is 0 Å². The van der Waals surface area contributed by atoms with Crippen LogP contribution in [0.25, 0.3) is 0 Å². The van der Waals surface area contributed by atoms with E-state index < -0.39 is 12.1 Å². The van der Waals surface area contributed by atoms with Crippen LogP contribution in [0.2, 0.25) is 0 Å². The first-order valence-electron chi connectivity index (χ1n) is 12.6. The number of rotatable bonds is 9. The lowest BCUT2D eigenvalue weighted by Crippen LogP contribution is -2.26. The number of ether oxygens (including phenoxy) is 3. The minimum absolute atomic E-state index is 0.324. The van der Waals surface area contributed by atoms with Crippen LogP contribution in [0.1, 0.15) is 25.3 Å². The third-order valence-electron chi connectivity index (χ3n) is 6.06.